The molecule has 0 aromatic heterocycles. The third kappa shape index (κ3) is 8.70. The molecule has 3 amide bonds. The number of rotatable bonds is 12. The number of aliphatic carboxylic acids is 1. The number of carbonyl (C=O) groups is 4. The Hall–Kier alpha value is -2.59. The van der Waals surface area contributed by atoms with Crippen molar-refractivity contribution in [2.24, 2.45) is 5.92 Å². The van der Waals surface area contributed by atoms with E-state index in [0.717, 1.165) is 18.5 Å². The SMILES string of the molecule is CC(C)CC(NC(=O)C(Cc1ccccc1)NC(=O)C(CS)NC(=O)C1CCCN1)C(=O)O. The van der Waals surface area contributed by atoms with Gasteiger partial charge in [0.15, 0.2) is 0 Å². The van der Waals surface area contributed by atoms with Gasteiger partial charge in [-0.3, -0.25) is 14.4 Å². The van der Waals surface area contributed by atoms with Crippen molar-refractivity contribution in [2.75, 3.05) is 12.3 Å². The first-order chi connectivity index (χ1) is 15.7. The molecular weight excluding hydrogens is 444 g/mol. The van der Waals surface area contributed by atoms with Crippen LogP contribution in [0.15, 0.2) is 30.3 Å². The molecule has 182 valence electrons. The molecule has 1 aliphatic rings. The largest absolute Gasteiger partial charge is 0.480 e. The van der Waals surface area contributed by atoms with Crippen molar-refractivity contribution in [3.05, 3.63) is 35.9 Å². The van der Waals surface area contributed by atoms with Crippen LogP contribution < -0.4 is 21.3 Å². The zero-order valence-corrected chi connectivity index (χ0v) is 19.9. The summed E-state index contributed by atoms with van der Waals surface area (Å²) in [5.74, 6) is -2.46. The van der Waals surface area contributed by atoms with Crippen LogP contribution in [0.25, 0.3) is 0 Å². The molecule has 1 aromatic carbocycles. The highest BCUT2D eigenvalue weighted by Gasteiger charge is 2.31. The summed E-state index contributed by atoms with van der Waals surface area (Å²) in [6, 6.07) is 5.74. The molecule has 0 aliphatic carbocycles. The molecule has 4 unspecified atom stereocenters. The van der Waals surface area contributed by atoms with Crippen LogP contribution in [-0.4, -0.2) is 65.3 Å². The molecule has 33 heavy (non-hydrogen) atoms. The maximum atomic E-state index is 13.0. The second-order valence-electron chi connectivity index (χ2n) is 8.67. The average molecular weight is 479 g/mol. The van der Waals surface area contributed by atoms with E-state index in [4.69, 9.17) is 0 Å². The fourth-order valence-electron chi connectivity index (χ4n) is 3.67. The monoisotopic (exact) mass is 478 g/mol. The van der Waals surface area contributed by atoms with Crippen molar-refractivity contribution in [1.82, 2.24) is 21.3 Å². The van der Waals surface area contributed by atoms with Crippen LogP contribution in [0.5, 0.6) is 0 Å². The van der Waals surface area contributed by atoms with Crippen molar-refractivity contribution in [1.29, 1.82) is 0 Å². The summed E-state index contributed by atoms with van der Waals surface area (Å²) in [5, 5.41) is 20.5. The smallest absolute Gasteiger partial charge is 0.326 e. The first-order valence-electron chi connectivity index (χ1n) is 11.2. The number of carbonyl (C=O) groups excluding carboxylic acids is 3. The Labute approximate surface area is 199 Å². The first kappa shape index (κ1) is 26.7. The summed E-state index contributed by atoms with van der Waals surface area (Å²) in [6.45, 7) is 4.48. The van der Waals surface area contributed by atoms with Gasteiger partial charge in [0.05, 0.1) is 6.04 Å². The molecule has 0 radical (unpaired) electrons. The van der Waals surface area contributed by atoms with Crippen molar-refractivity contribution in [3.8, 4) is 0 Å². The number of benzene rings is 1. The quantitative estimate of drug-likeness (QED) is 0.242. The summed E-state index contributed by atoms with van der Waals surface area (Å²) in [7, 11) is 0. The number of hydrogen-bond acceptors (Lipinski definition) is 6. The Morgan fingerprint density at radius 2 is 1.67 bits per heavy atom. The molecule has 2 rings (SSSR count). The van der Waals surface area contributed by atoms with Gasteiger partial charge in [-0.25, -0.2) is 4.79 Å². The molecule has 1 aromatic rings. The summed E-state index contributed by atoms with van der Waals surface area (Å²) >= 11 is 4.19. The van der Waals surface area contributed by atoms with Gasteiger partial charge in [0.1, 0.15) is 18.1 Å². The highest BCUT2D eigenvalue weighted by Crippen LogP contribution is 2.09. The molecular formula is C23H34N4O5S. The Bertz CT molecular complexity index is 814. The predicted molar refractivity (Wildman–Crippen MR) is 128 cm³/mol. The average Bonchev–Trinajstić information content (AvgIpc) is 3.31. The van der Waals surface area contributed by atoms with Crippen molar-refractivity contribution in [3.63, 3.8) is 0 Å². The van der Waals surface area contributed by atoms with E-state index < -0.39 is 35.9 Å². The van der Waals surface area contributed by atoms with E-state index in [0.29, 0.717) is 6.42 Å². The molecule has 9 nitrogen and oxygen atoms in total. The second-order valence-corrected chi connectivity index (χ2v) is 9.04. The van der Waals surface area contributed by atoms with E-state index in [2.05, 4.69) is 33.9 Å². The van der Waals surface area contributed by atoms with Gasteiger partial charge >= 0.3 is 5.97 Å². The maximum Gasteiger partial charge on any atom is 0.326 e. The van der Waals surface area contributed by atoms with E-state index in [1.165, 1.54) is 0 Å². The van der Waals surface area contributed by atoms with Crippen LogP contribution in [0.4, 0.5) is 0 Å². The normalized spacial score (nSPS) is 18.2. The summed E-state index contributed by atoms with van der Waals surface area (Å²) in [5.41, 5.74) is 0.801. The molecule has 5 N–H and O–H groups in total. The molecule has 0 bridgehead atoms. The summed E-state index contributed by atoms with van der Waals surface area (Å²) < 4.78 is 0. The predicted octanol–water partition coefficient (Wildman–Crippen LogP) is 0.496. The lowest BCUT2D eigenvalue weighted by Gasteiger charge is -2.25. The first-order valence-corrected chi connectivity index (χ1v) is 11.9. The van der Waals surface area contributed by atoms with E-state index in [1.807, 2.05) is 44.2 Å². The Morgan fingerprint density at radius 1 is 1.03 bits per heavy atom. The fourth-order valence-corrected chi connectivity index (χ4v) is 3.93. The van der Waals surface area contributed by atoms with Crippen LogP contribution >= 0.6 is 12.6 Å². The van der Waals surface area contributed by atoms with Crippen LogP contribution in [0, 0.1) is 5.92 Å². The summed E-state index contributed by atoms with van der Waals surface area (Å²) in [6.07, 6.45) is 2.01. The molecule has 4 atom stereocenters. The molecule has 1 heterocycles. The van der Waals surface area contributed by atoms with Gasteiger partial charge in [-0.05, 0) is 37.3 Å². The van der Waals surface area contributed by atoms with Gasteiger partial charge in [0.25, 0.3) is 0 Å². The minimum atomic E-state index is -1.13. The topological polar surface area (TPSA) is 137 Å². The second kappa shape index (κ2) is 13.2. The fraction of sp³-hybridized carbons (Fsp3) is 0.565. The maximum absolute atomic E-state index is 13.0. The van der Waals surface area contributed by atoms with Gasteiger partial charge < -0.3 is 26.4 Å². The van der Waals surface area contributed by atoms with Gasteiger partial charge in [-0.1, -0.05) is 44.2 Å². The van der Waals surface area contributed by atoms with Crippen LogP contribution in [0.1, 0.15) is 38.7 Å². The Balaban J connectivity index is 2.12. The highest BCUT2D eigenvalue weighted by molar-refractivity contribution is 7.80. The number of thiol groups is 1. The van der Waals surface area contributed by atoms with E-state index >= 15 is 0 Å². The number of hydrogen-bond donors (Lipinski definition) is 6. The van der Waals surface area contributed by atoms with Gasteiger partial charge in [0, 0.05) is 12.2 Å². The van der Waals surface area contributed by atoms with Gasteiger partial charge in [-0.2, -0.15) is 12.6 Å². The van der Waals surface area contributed by atoms with E-state index in [1.54, 1.807) is 0 Å². The van der Waals surface area contributed by atoms with Crippen molar-refractivity contribution >= 4 is 36.3 Å². The molecule has 1 fully saturated rings. The van der Waals surface area contributed by atoms with Crippen LogP contribution in [0.2, 0.25) is 0 Å². The standard InChI is InChI=1S/C23H34N4O5S/c1-14(2)11-18(23(31)32)26-21(29)17(12-15-7-4-3-5-8-15)25-22(30)19(13-33)27-20(28)16-9-6-10-24-16/h3-5,7-8,14,16-19,24,33H,6,9-13H2,1-2H3,(H,25,30)(H,26,29)(H,27,28)(H,31,32). The molecule has 0 spiro atoms. The van der Waals surface area contributed by atoms with Crippen molar-refractivity contribution < 1.29 is 24.3 Å². The van der Waals surface area contributed by atoms with Crippen LogP contribution in [-0.2, 0) is 25.6 Å². The third-order valence-electron chi connectivity index (χ3n) is 5.43. The minimum absolute atomic E-state index is 0.0507. The number of amides is 3. The lowest BCUT2D eigenvalue weighted by atomic mass is 10.0. The highest BCUT2D eigenvalue weighted by atomic mass is 32.1. The van der Waals surface area contributed by atoms with Crippen molar-refractivity contribution in [2.45, 2.75) is 63.7 Å². The third-order valence-corrected chi connectivity index (χ3v) is 5.79. The lowest BCUT2D eigenvalue weighted by molar-refractivity contribution is -0.142. The number of nitrogens with one attached hydrogen (secondary N) is 4. The Kier molecular flexibility index (Phi) is 10.7. The van der Waals surface area contributed by atoms with Gasteiger partial charge in [-0.15, -0.1) is 0 Å². The molecule has 10 heteroatoms. The zero-order chi connectivity index (χ0) is 24.4. The lowest BCUT2D eigenvalue weighted by Crippen LogP contribution is -2.58. The van der Waals surface area contributed by atoms with E-state index in [9.17, 15) is 24.3 Å². The van der Waals surface area contributed by atoms with E-state index in [-0.39, 0.29) is 36.5 Å². The molecule has 1 aliphatic heterocycles. The summed E-state index contributed by atoms with van der Waals surface area (Å²) in [4.78, 5) is 50.0. The molecule has 0 saturated carbocycles. The zero-order valence-electron chi connectivity index (χ0n) is 19.0. The van der Waals surface area contributed by atoms with Crippen LogP contribution in [0.3, 0.4) is 0 Å². The minimum Gasteiger partial charge on any atom is -0.480 e. The number of carboxylic acid groups (broad SMARTS) is 1. The number of carboxylic acids is 1. The van der Waals surface area contributed by atoms with Gasteiger partial charge in [0.2, 0.25) is 17.7 Å². The Morgan fingerprint density at radius 3 is 2.21 bits per heavy atom. The molecule has 1 saturated heterocycles.